The van der Waals surface area contributed by atoms with Gasteiger partial charge in [0.1, 0.15) is 0 Å². The van der Waals surface area contributed by atoms with Gasteiger partial charge < -0.3 is 20.4 Å². The van der Waals surface area contributed by atoms with E-state index in [0.717, 1.165) is 28.7 Å². The van der Waals surface area contributed by atoms with Crippen LogP contribution in [0.4, 0.5) is 0 Å². The molecule has 0 aliphatic heterocycles. The lowest BCUT2D eigenvalue weighted by molar-refractivity contribution is 0.0651. The molecule has 4 aromatic carbocycles. The maximum Gasteiger partial charge on any atom is 0.336 e. The van der Waals surface area contributed by atoms with Crippen LogP contribution >= 0.6 is 0 Å². The molecule has 4 N–H and O–H groups in total. The maximum absolute atomic E-state index is 11.5. The van der Waals surface area contributed by atoms with Gasteiger partial charge in [0.05, 0.1) is 22.3 Å². The zero-order valence-electron chi connectivity index (χ0n) is 22.2. The van der Waals surface area contributed by atoms with Gasteiger partial charge in [0, 0.05) is 5.92 Å². The highest BCUT2D eigenvalue weighted by molar-refractivity contribution is 6.02. The van der Waals surface area contributed by atoms with E-state index in [1.807, 2.05) is 48.5 Å². The number of rotatable bonds is 11. The zero-order chi connectivity index (χ0) is 29.7. The summed E-state index contributed by atoms with van der Waals surface area (Å²) in [6, 6.07) is 24.8. The van der Waals surface area contributed by atoms with Gasteiger partial charge in [0.2, 0.25) is 0 Å². The van der Waals surface area contributed by atoms with Crippen LogP contribution in [0.1, 0.15) is 94.1 Å². The fourth-order valence-corrected chi connectivity index (χ4v) is 5.00. The molecule has 0 aliphatic rings. The molecule has 0 amide bonds. The molecule has 0 heterocycles. The van der Waals surface area contributed by atoms with Crippen molar-refractivity contribution in [3.8, 4) is 0 Å². The summed E-state index contributed by atoms with van der Waals surface area (Å²) in [5.41, 5.74) is 4.62. The van der Waals surface area contributed by atoms with Crippen LogP contribution in [-0.2, 0) is 12.8 Å². The van der Waals surface area contributed by atoms with Crippen molar-refractivity contribution < 1.29 is 39.6 Å². The second-order valence-corrected chi connectivity index (χ2v) is 9.78. The van der Waals surface area contributed by atoms with Gasteiger partial charge in [-0.05, 0) is 76.9 Å². The van der Waals surface area contributed by atoms with Gasteiger partial charge in [-0.2, -0.15) is 0 Å². The van der Waals surface area contributed by atoms with Crippen molar-refractivity contribution in [3.63, 3.8) is 0 Å². The van der Waals surface area contributed by atoms with E-state index in [2.05, 4.69) is 6.92 Å². The van der Waals surface area contributed by atoms with Crippen LogP contribution < -0.4 is 0 Å². The van der Waals surface area contributed by atoms with Crippen molar-refractivity contribution in [2.24, 2.45) is 0 Å². The standard InChI is InChI=1S/C33H28O8/c1-2-25(23-9-3-19(4-10-23)15-21-7-13-26(30(34)35)28(17-21)32(38)39)24-11-5-20(6-12-24)16-22-8-14-27(31(36)37)29(18-22)33(40)41/h3-14,17-18,25H,2,15-16H2,1H3,(H,34,35)(H,36,37)(H,38,39)(H,40,41). The molecule has 0 spiro atoms. The summed E-state index contributed by atoms with van der Waals surface area (Å²) in [7, 11) is 0. The van der Waals surface area contributed by atoms with Gasteiger partial charge in [-0.3, -0.25) is 0 Å². The van der Waals surface area contributed by atoms with E-state index in [9.17, 15) is 39.6 Å². The maximum atomic E-state index is 11.5. The van der Waals surface area contributed by atoms with E-state index in [0.29, 0.717) is 24.0 Å². The Balaban J connectivity index is 1.48. The first kappa shape index (κ1) is 28.8. The number of carboxylic acid groups (broad SMARTS) is 4. The molecule has 8 heteroatoms. The Morgan fingerprint density at radius 1 is 0.488 bits per heavy atom. The van der Waals surface area contributed by atoms with Gasteiger partial charge in [-0.15, -0.1) is 0 Å². The van der Waals surface area contributed by atoms with Crippen molar-refractivity contribution in [2.75, 3.05) is 0 Å². The largest absolute Gasteiger partial charge is 0.478 e. The van der Waals surface area contributed by atoms with E-state index < -0.39 is 23.9 Å². The first-order chi connectivity index (χ1) is 19.6. The van der Waals surface area contributed by atoms with Crippen molar-refractivity contribution in [2.45, 2.75) is 32.1 Å². The molecule has 41 heavy (non-hydrogen) atoms. The minimum atomic E-state index is -1.28. The first-order valence-electron chi connectivity index (χ1n) is 12.9. The van der Waals surface area contributed by atoms with Crippen LogP contribution in [0.25, 0.3) is 0 Å². The molecule has 0 saturated heterocycles. The van der Waals surface area contributed by atoms with E-state index >= 15 is 0 Å². The highest BCUT2D eigenvalue weighted by Crippen LogP contribution is 2.29. The third kappa shape index (κ3) is 6.67. The van der Waals surface area contributed by atoms with Crippen molar-refractivity contribution in [1.29, 1.82) is 0 Å². The predicted octanol–water partition coefficient (Wildman–Crippen LogP) is 6.20. The number of hydrogen-bond donors (Lipinski definition) is 4. The lowest BCUT2D eigenvalue weighted by atomic mass is 9.87. The molecule has 4 rings (SSSR count). The van der Waals surface area contributed by atoms with Gasteiger partial charge in [0.25, 0.3) is 0 Å². The van der Waals surface area contributed by atoms with E-state index in [-0.39, 0.29) is 28.2 Å². The second-order valence-electron chi connectivity index (χ2n) is 9.78. The number of carbonyl (C=O) groups is 4. The Bertz CT molecular complexity index is 1500. The smallest absolute Gasteiger partial charge is 0.336 e. The van der Waals surface area contributed by atoms with Crippen molar-refractivity contribution >= 4 is 23.9 Å². The van der Waals surface area contributed by atoms with Gasteiger partial charge in [-0.1, -0.05) is 67.6 Å². The van der Waals surface area contributed by atoms with Crippen LogP contribution in [-0.4, -0.2) is 44.3 Å². The number of carboxylic acids is 4. The van der Waals surface area contributed by atoms with Crippen molar-refractivity contribution in [3.05, 3.63) is 141 Å². The number of aromatic carboxylic acids is 4. The average Bonchev–Trinajstić information content (AvgIpc) is 2.95. The molecule has 4 aromatic rings. The van der Waals surface area contributed by atoms with Gasteiger partial charge in [-0.25, -0.2) is 19.2 Å². The summed E-state index contributed by atoms with van der Waals surface area (Å²) in [6.45, 7) is 2.10. The number of hydrogen-bond acceptors (Lipinski definition) is 4. The highest BCUT2D eigenvalue weighted by atomic mass is 16.4. The van der Waals surface area contributed by atoms with Crippen LogP contribution in [0, 0.1) is 0 Å². The Kier molecular flexibility index (Phi) is 8.63. The molecular formula is C33H28O8. The Hall–Kier alpha value is -5.24. The van der Waals surface area contributed by atoms with E-state index in [1.54, 1.807) is 12.1 Å². The second kappa shape index (κ2) is 12.3. The SMILES string of the molecule is CCC(c1ccc(Cc2ccc(C(=O)O)c(C(=O)O)c2)cc1)c1ccc(Cc2ccc(C(=O)O)c(C(=O)O)c2)cc1. The topological polar surface area (TPSA) is 149 Å². The Morgan fingerprint density at radius 2 is 0.805 bits per heavy atom. The Morgan fingerprint density at radius 3 is 1.10 bits per heavy atom. The predicted molar refractivity (Wildman–Crippen MR) is 151 cm³/mol. The molecule has 0 aliphatic carbocycles. The summed E-state index contributed by atoms with van der Waals surface area (Å²) in [6.07, 6.45) is 1.78. The minimum Gasteiger partial charge on any atom is -0.478 e. The van der Waals surface area contributed by atoms with E-state index in [4.69, 9.17) is 0 Å². The molecule has 0 unspecified atom stereocenters. The van der Waals surface area contributed by atoms with Gasteiger partial charge in [0.15, 0.2) is 0 Å². The van der Waals surface area contributed by atoms with E-state index in [1.165, 1.54) is 24.3 Å². The molecule has 0 saturated carbocycles. The first-order valence-corrected chi connectivity index (χ1v) is 12.9. The lowest BCUT2D eigenvalue weighted by Gasteiger charge is -2.17. The fourth-order valence-electron chi connectivity index (χ4n) is 5.00. The summed E-state index contributed by atoms with van der Waals surface area (Å²) in [5, 5.41) is 37.2. The number of benzene rings is 4. The summed E-state index contributed by atoms with van der Waals surface area (Å²) < 4.78 is 0. The normalized spacial score (nSPS) is 10.9. The molecule has 208 valence electrons. The summed E-state index contributed by atoms with van der Waals surface area (Å²) in [4.78, 5) is 45.6. The molecule has 0 bridgehead atoms. The quantitative estimate of drug-likeness (QED) is 0.172. The zero-order valence-corrected chi connectivity index (χ0v) is 22.2. The van der Waals surface area contributed by atoms with Crippen molar-refractivity contribution in [1.82, 2.24) is 0 Å². The third-order valence-electron chi connectivity index (χ3n) is 7.08. The molecule has 8 nitrogen and oxygen atoms in total. The van der Waals surface area contributed by atoms with Crippen LogP contribution in [0.2, 0.25) is 0 Å². The fraction of sp³-hybridized carbons (Fsp3) is 0.152. The molecular weight excluding hydrogens is 524 g/mol. The minimum absolute atomic E-state index is 0.139. The van der Waals surface area contributed by atoms with Crippen LogP contribution in [0.5, 0.6) is 0 Å². The highest BCUT2D eigenvalue weighted by Gasteiger charge is 2.18. The molecule has 0 radical (unpaired) electrons. The molecule has 0 fully saturated rings. The van der Waals surface area contributed by atoms with Crippen LogP contribution in [0.15, 0.2) is 84.9 Å². The van der Waals surface area contributed by atoms with Crippen LogP contribution in [0.3, 0.4) is 0 Å². The monoisotopic (exact) mass is 552 g/mol. The molecule has 0 aromatic heterocycles. The summed E-state index contributed by atoms with van der Waals surface area (Å²) in [5.74, 6) is -4.98. The molecule has 0 atom stereocenters. The lowest BCUT2D eigenvalue weighted by Crippen LogP contribution is -2.09. The summed E-state index contributed by atoms with van der Waals surface area (Å²) >= 11 is 0. The third-order valence-corrected chi connectivity index (χ3v) is 7.08. The average molecular weight is 553 g/mol. The van der Waals surface area contributed by atoms with Gasteiger partial charge >= 0.3 is 23.9 Å². The Labute approximate surface area is 236 Å².